The fourth-order valence-electron chi connectivity index (χ4n) is 3.64. The minimum atomic E-state index is -0.492. The maximum absolute atomic E-state index is 12.5. The van der Waals surface area contributed by atoms with Crippen molar-refractivity contribution < 1.29 is 14.3 Å². The van der Waals surface area contributed by atoms with Gasteiger partial charge in [-0.15, -0.1) is 0 Å². The lowest BCUT2D eigenvalue weighted by molar-refractivity contribution is -0.117. The number of carbonyl (C=O) groups is 2. The van der Waals surface area contributed by atoms with Gasteiger partial charge in [-0.2, -0.15) is 0 Å². The summed E-state index contributed by atoms with van der Waals surface area (Å²) in [6.07, 6.45) is 1.96. The molecule has 0 spiro atoms. The molecule has 1 aliphatic heterocycles. The van der Waals surface area contributed by atoms with E-state index < -0.39 is 5.60 Å². The number of ether oxygens (including phenoxy) is 1. The van der Waals surface area contributed by atoms with Gasteiger partial charge in [0, 0.05) is 39.1 Å². The third-order valence-electron chi connectivity index (χ3n) is 4.98. The number of amides is 1. The summed E-state index contributed by atoms with van der Waals surface area (Å²) in [5.74, 6) is 1.12. The van der Waals surface area contributed by atoms with Crippen LogP contribution in [0.25, 0.3) is 11.0 Å². The summed E-state index contributed by atoms with van der Waals surface area (Å²) in [6, 6.07) is 8.10. The Kier molecular flexibility index (Phi) is 6.45. The van der Waals surface area contributed by atoms with E-state index in [1.165, 1.54) is 0 Å². The molecule has 0 N–H and O–H groups in total. The monoisotopic (exact) mass is 400 g/mol. The van der Waals surface area contributed by atoms with Crippen LogP contribution in [-0.2, 0) is 16.1 Å². The smallest absolute Gasteiger partial charge is 0.410 e. The number of para-hydroxylation sites is 2. The van der Waals surface area contributed by atoms with Gasteiger partial charge in [-0.05, 0) is 52.7 Å². The number of aryl methyl sites for hydroxylation is 1. The summed E-state index contributed by atoms with van der Waals surface area (Å²) in [5, 5.41) is 0. The van der Waals surface area contributed by atoms with E-state index in [1.807, 2.05) is 39.0 Å². The number of nitrogens with zero attached hydrogens (tertiary/aromatic N) is 4. The molecule has 0 unspecified atom stereocenters. The van der Waals surface area contributed by atoms with Gasteiger partial charge in [0.2, 0.25) is 5.95 Å². The van der Waals surface area contributed by atoms with Crippen LogP contribution in [0, 0.1) is 0 Å². The first-order chi connectivity index (χ1) is 13.7. The fraction of sp³-hybridized carbons (Fsp3) is 0.591. The van der Waals surface area contributed by atoms with Crippen LogP contribution in [0.3, 0.4) is 0 Å². The third kappa shape index (κ3) is 5.49. The molecule has 0 bridgehead atoms. The van der Waals surface area contributed by atoms with E-state index in [4.69, 9.17) is 9.72 Å². The number of carbonyl (C=O) groups excluding carboxylic acids is 2. The van der Waals surface area contributed by atoms with E-state index in [9.17, 15) is 9.59 Å². The average molecular weight is 401 g/mol. The molecule has 1 fully saturated rings. The Morgan fingerprint density at radius 3 is 2.59 bits per heavy atom. The number of imidazole rings is 1. The molecule has 1 aromatic carbocycles. The van der Waals surface area contributed by atoms with Gasteiger partial charge in [0.15, 0.2) is 0 Å². The molecule has 3 rings (SSSR count). The molecular weight excluding hydrogens is 368 g/mol. The van der Waals surface area contributed by atoms with Crippen LogP contribution in [0.15, 0.2) is 24.3 Å². The lowest BCUT2D eigenvalue weighted by Crippen LogP contribution is -2.39. The summed E-state index contributed by atoms with van der Waals surface area (Å²) in [4.78, 5) is 32.7. The Hall–Kier alpha value is -2.57. The Morgan fingerprint density at radius 2 is 1.86 bits per heavy atom. The van der Waals surface area contributed by atoms with Gasteiger partial charge in [-0.25, -0.2) is 9.78 Å². The van der Waals surface area contributed by atoms with Crippen molar-refractivity contribution in [2.75, 3.05) is 31.1 Å². The minimum absolute atomic E-state index is 0.207. The summed E-state index contributed by atoms with van der Waals surface area (Å²) >= 11 is 0. The molecule has 158 valence electrons. The van der Waals surface area contributed by atoms with Crippen LogP contribution in [-0.4, -0.2) is 58.1 Å². The number of aromatic nitrogens is 2. The van der Waals surface area contributed by atoms with Crippen molar-refractivity contribution >= 4 is 28.9 Å². The van der Waals surface area contributed by atoms with Gasteiger partial charge in [0.05, 0.1) is 11.0 Å². The van der Waals surface area contributed by atoms with E-state index in [-0.39, 0.29) is 11.9 Å². The number of hydrogen-bond donors (Lipinski definition) is 0. The Bertz CT molecular complexity index is 869. The van der Waals surface area contributed by atoms with Crippen LogP contribution in [0.5, 0.6) is 0 Å². The highest BCUT2D eigenvalue weighted by atomic mass is 16.6. The molecule has 0 saturated carbocycles. The van der Waals surface area contributed by atoms with Gasteiger partial charge in [-0.3, -0.25) is 0 Å². The van der Waals surface area contributed by atoms with Crippen LogP contribution in [0.1, 0.15) is 47.0 Å². The largest absolute Gasteiger partial charge is 0.444 e. The Labute approximate surface area is 172 Å². The Morgan fingerprint density at radius 1 is 1.10 bits per heavy atom. The number of benzene rings is 1. The highest BCUT2D eigenvalue weighted by Gasteiger charge is 2.26. The molecule has 0 radical (unpaired) electrons. The number of hydrogen-bond acceptors (Lipinski definition) is 5. The van der Waals surface area contributed by atoms with Gasteiger partial charge < -0.3 is 23.9 Å². The normalized spacial score (nSPS) is 15.4. The second kappa shape index (κ2) is 8.84. The number of ketones is 1. The van der Waals surface area contributed by atoms with Crippen LogP contribution in [0.4, 0.5) is 10.7 Å². The van der Waals surface area contributed by atoms with E-state index in [0.717, 1.165) is 42.9 Å². The molecule has 0 atom stereocenters. The number of fused-ring (bicyclic) bond motifs is 1. The van der Waals surface area contributed by atoms with Crippen molar-refractivity contribution in [1.82, 2.24) is 14.5 Å². The quantitative estimate of drug-likeness (QED) is 0.763. The molecule has 7 nitrogen and oxygen atoms in total. The second-order valence-electron chi connectivity index (χ2n) is 8.67. The standard InChI is InChI=1S/C22H32N4O3/c1-17(27)9-7-14-26-19-11-6-5-10-18(19)23-20(26)24-12-8-13-25(16-15-24)21(28)29-22(2,3)4/h5-6,10-11H,7-9,12-16H2,1-4H3. The van der Waals surface area contributed by atoms with Crippen LogP contribution >= 0.6 is 0 Å². The summed E-state index contributed by atoms with van der Waals surface area (Å²) < 4.78 is 7.75. The highest BCUT2D eigenvalue weighted by Crippen LogP contribution is 2.25. The lowest BCUT2D eigenvalue weighted by Gasteiger charge is -2.26. The molecule has 2 heterocycles. The summed E-state index contributed by atoms with van der Waals surface area (Å²) in [6.45, 7) is 10.9. The molecule has 1 saturated heterocycles. The molecule has 7 heteroatoms. The Balaban J connectivity index is 1.77. The van der Waals surface area contributed by atoms with Crippen molar-refractivity contribution in [3.8, 4) is 0 Å². The van der Waals surface area contributed by atoms with Crippen molar-refractivity contribution in [3.63, 3.8) is 0 Å². The van der Waals surface area contributed by atoms with Crippen LogP contribution < -0.4 is 4.90 Å². The highest BCUT2D eigenvalue weighted by molar-refractivity contribution is 5.79. The first-order valence-electron chi connectivity index (χ1n) is 10.4. The first-order valence-corrected chi connectivity index (χ1v) is 10.4. The van der Waals surface area contributed by atoms with E-state index in [0.29, 0.717) is 26.1 Å². The minimum Gasteiger partial charge on any atom is -0.444 e. The van der Waals surface area contributed by atoms with Crippen molar-refractivity contribution in [2.24, 2.45) is 0 Å². The lowest BCUT2D eigenvalue weighted by atomic mass is 10.2. The van der Waals surface area contributed by atoms with Gasteiger partial charge in [0.1, 0.15) is 11.4 Å². The molecule has 2 aromatic rings. The molecule has 0 aliphatic carbocycles. The summed E-state index contributed by atoms with van der Waals surface area (Å²) in [7, 11) is 0. The van der Waals surface area contributed by atoms with Crippen molar-refractivity contribution in [1.29, 1.82) is 0 Å². The van der Waals surface area contributed by atoms with E-state index >= 15 is 0 Å². The zero-order valence-corrected chi connectivity index (χ0v) is 18.0. The maximum atomic E-state index is 12.5. The first kappa shape index (κ1) is 21.1. The summed E-state index contributed by atoms with van der Waals surface area (Å²) in [5.41, 5.74) is 1.55. The molecular formula is C22H32N4O3. The predicted molar refractivity (Wildman–Crippen MR) is 114 cm³/mol. The number of Topliss-reactive ketones (excluding diaryl/α,β-unsaturated/α-hetero) is 1. The SMILES string of the molecule is CC(=O)CCCn1c(N2CCCN(C(=O)OC(C)(C)C)CC2)nc2ccccc21. The van der Waals surface area contributed by atoms with Crippen LogP contribution in [0.2, 0.25) is 0 Å². The maximum Gasteiger partial charge on any atom is 0.410 e. The van der Waals surface area contributed by atoms with Gasteiger partial charge in [0.25, 0.3) is 0 Å². The zero-order valence-electron chi connectivity index (χ0n) is 18.0. The predicted octanol–water partition coefficient (Wildman–Crippen LogP) is 3.85. The van der Waals surface area contributed by atoms with Crippen molar-refractivity contribution in [2.45, 2.75) is 59.1 Å². The molecule has 1 aromatic heterocycles. The van der Waals surface area contributed by atoms with Gasteiger partial charge >= 0.3 is 6.09 Å². The topological polar surface area (TPSA) is 67.7 Å². The zero-order chi connectivity index (χ0) is 21.0. The number of anilines is 1. The molecule has 29 heavy (non-hydrogen) atoms. The third-order valence-corrected chi connectivity index (χ3v) is 4.98. The molecule has 1 amide bonds. The number of rotatable bonds is 5. The fourth-order valence-corrected chi connectivity index (χ4v) is 3.64. The average Bonchev–Trinajstić information content (AvgIpc) is 2.82. The van der Waals surface area contributed by atoms with E-state index in [2.05, 4.69) is 15.5 Å². The molecule has 1 aliphatic rings. The van der Waals surface area contributed by atoms with Gasteiger partial charge in [-0.1, -0.05) is 12.1 Å². The van der Waals surface area contributed by atoms with E-state index in [1.54, 1.807) is 11.8 Å². The second-order valence-corrected chi connectivity index (χ2v) is 8.67. The van der Waals surface area contributed by atoms with Crippen molar-refractivity contribution in [3.05, 3.63) is 24.3 Å².